The topological polar surface area (TPSA) is 171 Å². The molecule has 0 bridgehead atoms. The monoisotopic (exact) mass is 419 g/mol. The number of imidazole rings is 1. The van der Waals surface area contributed by atoms with Crippen LogP contribution in [0.4, 0.5) is 11.6 Å². The summed E-state index contributed by atoms with van der Waals surface area (Å²) in [7, 11) is 0. The number of aryl methyl sites for hydroxylation is 1. The van der Waals surface area contributed by atoms with Crippen molar-refractivity contribution in [3.63, 3.8) is 0 Å². The summed E-state index contributed by atoms with van der Waals surface area (Å²) in [5, 5.41) is 11.3. The highest BCUT2D eigenvalue weighted by Gasteiger charge is 2.17. The van der Waals surface area contributed by atoms with Gasteiger partial charge in [-0.2, -0.15) is 0 Å². The fraction of sp³-hybridized carbons (Fsp3) is 0.235. The molecule has 0 fully saturated rings. The zero-order chi connectivity index (χ0) is 21.1. The van der Waals surface area contributed by atoms with Crippen molar-refractivity contribution in [1.82, 2.24) is 24.8 Å². The number of aromatic nitrogens is 4. The first-order chi connectivity index (χ1) is 13.8. The van der Waals surface area contributed by atoms with E-state index in [2.05, 4.69) is 20.3 Å². The number of carbonyl (C=O) groups excluding carboxylic acids is 1. The third kappa shape index (κ3) is 4.29. The molecule has 2 heterocycles. The number of rotatable bonds is 7. The fourth-order valence-electron chi connectivity index (χ4n) is 2.73. The highest BCUT2D eigenvalue weighted by atomic mass is 35.5. The quantitative estimate of drug-likeness (QED) is 0.436. The number of nitrogens with two attached hydrogens (primary N) is 2. The Balaban J connectivity index is 1.82. The molecule has 0 aliphatic carbocycles. The second-order valence-electron chi connectivity index (χ2n) is 5.92. The highest BCUT2D eigenvalue weighted by molar-refractivity contribution is 6.31. The van der Waals surface area contributed by atoms with Crippen molar-refractivity contribution < 1.29 is 19.4 Å². The Kier molecular flexibility index (Phi) is 5.69. The minimum absolute atomic E-state index is 0.0607. The zero-order valence-corrected chi connectivity index (χ0v) is 16.1. The second kappa shape index (κ2) is 8.19. The number of hydrogen-bond acceptors (Lipinski definition) is 8. The molecule has 29 heavy (non-hydrogen) atoms. The minimum atomic E-state index is -1.07. The number of fused-ring (bicyclic) bond motifs is 1. The first-order valence-corrected chi connectivity index (χ1v) is 8.88. The Bertz CT molecular complexity index is 1100. The molecule has 0 saturated carbocycles. The van der Waals surface area contributed by atoms with Crippen LogP contribution in [0.25, 0.3) is 11.0 Å². The third-order valence-corrected chi connectivity index (χ3v) is 4.28. The van der Waals surface area contributed by atoms with Gasteiger partial charge in [-0.1, -0.05) is 11.6 Å². The molecule has 0 aliphatic rings. The molecule has 0 unspecified atom stereocenters. The van der Waals surface area contributed by atoms with Crippen molar-refractivity contribution in [3.8, 4) is 5.75 Å². The Labute approximate surface area is 169 Å². The maximum Gasteiger partial charge on any atom is 0.341 e. The van der Waals surface area contributed by atoms with E-state index in [0.29, 0.717) is 23.6 Å². The number of nitrogens with zero attached hydrogens (tertiary/aromatic N) is 4. The number of carboxylic acids is 1. The summed E-state index contributed by atoms with van der Waals surface area (Å²) >= 11 is 5.81. The van der Waals surface area contributed by atoms with Gasteiger partial charge in [0.15, 0.2) is 29.1 Å². The first-order valence-electron chi connectivity index (χ1n) is 8.50. The van der Waals surface area contributed by atoms with Crippen LogP contribution < -0.4 is 21.5 Å². The molecule has 3 rings (SSSR count). The van der Waals surface area contributed by atoms with E-state index >= 15 is 0 Å². The summed E-state index contributed by atoms with van der Waals surface area (Å²) in [6.45, 7) is 2.14. The molecule has 0 atom stereocenters. The van der Waals surface area contributed by atoms with Crippen molar-refractivity contribution in [1.29, 1.82) is 0 Å². The van der Waals surface area contributed by atoms with Crippen LogP contribution >= 0.6 is 11.6 Å². The first kappa shape index (κ1) is 20.1. The van der Waals surface area contributed by atoms with Gasteiger partial charge >= 0.3 is 5.97 Å². The van der Waals surface area contributed by atoms with Crippen LogP contribution in [0.5, 0.6) is 5.75 Å². The maximum atomic E-state index is 12.4. The Morgan fingerprint density at radius 3 is 2.69 bits per heavy atom. The summed E-state index contributed by atoms with van der Waals surface area (Å²) in [5.74, 6) is -0.841. The van der Waals surface area contributed by atoms with Crippen molar-refractivity contribution in [2.24, 2.45) is 0 Å². The summed E-state index contributed by atoms with van der Waals surface area (Å²) in [4.78, 5) is 35.2. The van der Waals surface area contributed by atoms with Gasteiger partial charge in [0.2, 0.25) is 0 Å². The van der Waals surface area contributed by atoms with Gasteiger partial charge in [0.25, 0.3) is 5.91 Å². The molecule has 11 nitrogen and oxygen atoms in total. The zero-order valence-electron chi connectivity index (χ0n) is 15.3. The van der Waals surface area contributed by atoms with E-state index in [1.165, 1.54) is 0 Å². The molecule has 3 aromatic rings. The van der Waals surface area contributed by atoms with E-state index in [-0.39, 0.29) is 29.0 Å². The van der Waals surface area contributed by atoms with Gasteiger partial charge in [-0.15, -0.1) is 0 Å². The lowest BCUT2D eigenvalue weighted by Crippen LogP contribution is -2.27. The molecule has 1 aromatic carbocycles. The summed E-state index contributed by atoms with van der Waals surface area (Å²) in [6.07, 6.45) is 0. The van der Waals surface area contributed by atoms with Gasteiger partial charge in [0.1, 0.15) is 11.6 Å². The molecular weight excluding hydrogens is 402 g/mol. The van der Waals surface area contributed by atoms with E-state index in [1.54, 1.807) is 18.2 Å². The van der Waals surface area contributed by atoms with Gasteiger partial charge in [0, 0.05) is 12.6 Å². The lowest BCUT2D eigenvalue weighted by molar-refractivity contribution is -0.139. The highest BCUT2D eigenvalue weighted by Crippen LogP contribution is 2.23. The standard InChI is InChI=1S/C17H18ClN7O4/c1-2-25-10-5-8(29-7-12(26)27)3-4-9(10)22-11(25)6-21-17(28)13-15(19)24-16(20)14(18)23-13/h3-5H,2,6-7H2,1H3,(H,21,28)(H,26,27)(H4,19,20,24). The number of ether oxygens (including phenoxy) is 1. The number of nitrogen functional groups attached to an aromatic ring is 2. The molecule has 2 aromatic heterocycles. The van der Waals surface area contributed by atoms with E-state index < -0.39 is 18.5 Å². The summed E-state index contributed by atoms with van der Waals surface area (Å²) in [5.41, 5.74) is 12.5. The Morgan fingerprint density at radius 1 is 1.24 bits per heavy atom. The van der Waals surface area contributed by atoms with Gasteiger partial charge in [0.05, 0.1) is 17.6 Å². The molecule has 0 aliphatic heterocycles. The number of halogens is 1. The van der Waals surface area contributed by atoms with E-state index in [0.717, 1.165) is 5.52 Å². The molecule has 1 amide bonds. The van der Waals surface area contributed by atoms with Crippen LogP contribution in [0.3, 0.4) is 0 Å². The molecular formula is C17H18ClN7O4. The predicted octanol–water partition coefficient (Wildman–Crippen LogP) is 1.06. The van der Waals surface area contributed by atoms with Gasteiger partial charge < -0.3 is 31.2 Å². The van der Waals surface area contributed by atoms with Crippen molar-refractivity contribution in [2.75, 3.05) is 18.1 Å². The lowest BCUT2D eigenvalue weighted by atomic mass is 10.3. The molecule has 0 radical (unpaired) electrons. The fourth-order valence-corrected chi connectivity index (χ4v) is 2.85. The van der Waals surface area contributed by atoms with E-state index in [1.807, 2.05) is 11.5 Å². The number of carbonyl (C=O) groups is 2. The Hall–Kier alpha value is -3.60. The number of nitrogens with one attached hydrogen (secondary N) is 1. The third-order valence-electron chi connectivity index (χ3n) is 4.00. The van der Waals surface area contributed by atoms with Gasteiger partial charge in [-0.3, -0.25) is 4.79 Å². The lowest BCUT2D eigenvalue weighted by Gasteiger charge is -2.09. The smallest absolute Gasteiger partial charge is 0.341 e. The van der Waals surface area contributed by atoms with Crippen molar-refractivity contribution >= 4 is 46.1 Å². The maximum absolute atomic E-state index is 12.4. The number of carboxylic acid groups (broad SMARTS) is 1. The van der Waals surface area contributed by atoms with Crippen LogP contribution in [0, 0.1) is 0 Å². The number of benzene rings is 1. The average molecular weight is 420 g/mol. The van der Waals surface area contributed by atoms with Crippen LogP contribution in [-0.4, -0.2) is 43.1 Å². The molecule has 152 valence electrons. The van der Waals surface area contributed by atoms with Crippen LogP contribution in [0.1, 0.15) is 23.2 Å². The number of amides is 1. The van der Waals surface area contributed by atoms with Gasteiger partial charge in [-0.05, 0) is 19.1 Å². The largest absolute Gasteiger partial charge is 0.482 e. The molecule has 0 saturated heterocycles. The summed E-state index contributed by atoms with van der Waals surface area (Å²) < 4.78 is 7.08. The van der Waals surface area contributed by atoms with Crippen LogP contribution in [-0.2, 0) is 17.9 Å². The molecule has 12 heteroatoms. The molecule has 6 N–H and O–H groups in total. The minimum Gasteiger partial charge on any atom is -0.482 e. The SMILES string of the molecule is CCn1c(CNC(=O)c2nc(Cl)c(N)nc2N)nc2ccc(OCC(=O)O)cc21. The number of anilines is 2. The van der Waals surface area contributed by atoms with Gasteiger partial charge in [-0.25, -0.2) is 19.7 Å². The Morgan fingerprint density at radius 2 is 2.00 bits per heavy atom. The van der Waals surface area contributed by atoms with Crippen molar-refractivity contribution in [3.05, 3.63) is 34.9 Å². The van der Waals surface area contributed by atoms with E-state index in [4.69, 9.17) is 32.9 Å². The average Bonchev–Trinajstić information content (AvgIpc) is 3.03. The van der Waals surface area contributed by atoms with Crippen molar-refractivity contribution in [2.45, 2.75) is 20.0 Å². The number of hydrogen-bond donors (Lipinski definition) is 4. The number of aliphatic carboxylic acids is 1. The normalized spacial score (nSPS) is 10.8. The second-order valence-corrected chi connectivity index (χ2v) is 6.28. The summed E-state index contributed by atoms with van der Waals surface area (Å²) in [6, 6.07) is 5.05. The van der Waals surface area contributed by atoms with E-state index in [9.17, 15) is 9.59 Å². The van der Waals surface area contributed by atoms with Crippen LogP contribution in [0.15, 0.2) is 18.2 Å². The molecule has 0 spiro atoms. The predicted molar refractivity (Wildman–Crippen MR) is 106 cm³/mol. The van der Waals surface area contributed by atoms with Crippen LogP contribution in [0.2, 0.25) is 5.15 Å².